The zero-order valence-corrected chi connectivity index (χ0v) is 7.11. The number of nitrogens with two attached hydrogens (primary N) is 1. The number of hydrogen-bond donors (Lipinski definition) is 2. The van der Waals surface area contributed by atoms with Gasteiger partial charge in [-0.15, -0.1) is 0 Å². The van der Waals surface area contributed by atoms with Crippen LogP contribution in [0.1, 0.15) is 13.3 Å². The lowest BCUT2D eigenvalue weighted by molar-refractivity contribution is -0.143. The standard InChI is InChI=1S/C7H13NO4/c1-4(3-5(9)12-2)6(8)7(10)11/h4,6H,3,8H2,1-2H3,(H,10,11)/t4?,6-/m1/s1. The van der Waals surface area contributed by atoms with Crippen LogP contribution >= 0.6 is 0 Å². The van der Waals surface area contributed by atoms with E-state index in [0.717, 1.165) is 0 Å². The molecule has 2 atom stereocenters. The number of carbonyl (C=O) groups excluding carboxylic acids is 1. The van der Waals surface area contributed by atoms with E-state index in [-0.39, 0.29) is 6.42 Å². The molecule has 0 aliphatic rings. The van der Waals surface area contributed by atoms with Gasteiger partial charge < -0.3 is 15.6 Å². The molecular weight excluding hydrogens is 162 g/mol. The maximum absolute atomic E-state index is 10.7. The first-order valence-electron chi connectivity index (χ1n) is 3.54. The van der Waals surface area contributed by atoms with Crippen molar-refractivity contribution in [1.82, 2.24) is 0 Å². The quantitative estimate of drug-likeness (QED) is 0.567. The van der Waals surface area contributed by atoms with E-state index >= 15 is 0 Å². The lowest BCUT2D eigenvalue weighted by Crippen LogP contribution is -2.37. The molecule has 0 rings (SSSR count). The lowest BCUT2D eigenvalue weighted by atomic mass is 9.99. The minimum absolute atomic E-state index is 0.0317. The summed E-state index contributed by atoms with van der Waals surface area (Å²) >= 11 is 0. The molecule has 0 aliphatic heterocycles. The molecule has 70 valence electrons. The molecule has 0 amide bonds. The van der Waals surface area contributed by atoms with Crippen LogP contribution in [-0.4, -0.2) is 30.2 Å². The highest BCUT2D eigenvalue weighted by atomic mass is 16.5. The molecule has 0 aromatic heterocycles. The van der Waals surface area contributed by atoms with Crippen molar-refractivity contribution in [2.24, 2.45) is 11.7 Å². The maximum Gasteiger partial charge on any atom is 0.320 e. The molecule has 0 radical (unpaired) electrons. The third-order valence-electron chi connectivity index (χ3n) is 1.61. The molecule has 0 heterocycles. The number of methoxy groups -OCH3 is 1. The third kappa shape index (κ3) is 3.34. The molecule has 5 heteroatoms. The smallest absolute Gasteiger partial charge is 0.320 e. The largest absolute Gasteiger partial charge is 0.480 e. The van der Waals surface area contributed by atoms with Gasteiger partial charge in [0.1, 0.15) is 6.04 Å². The molecule has 0 bridgehead atoms. The number of aliphatic carboxylic acids is 1. The summed E-state index contributed by atoms with van der Waals surface area (Å²) in [5.41, 5.74) is 5.26. The van der Waals surface area contributed by atoms with Crippen LogP contribution in [0.2, 0.25) is 0 Å². The van der Waals surface area contributed by atoms with Gasteiger partial charge in [-0.25, -0.2) is 0 Å². The first-order valence-corrected chi connectivity index (χ1v) is 3.54. The van der Waals surface area contributed by atoms with Crippen molar-refractivity contribution < 1.29 is 19.4 Å². The molecule has 0 aromatic rings. The Morgan fingerprint density at radius 1 is 1.58 bits per heavy atom. The minimum atomic E-state index is -1.11. The topological polar surface area (TPSA) is 89.6 Å². The molecule has 0 saturated carbocycles. The Morgan fingerprint density at radius 3 is 2.42 bits per heavy atom. The molecular formula is C7H13NO4. The second kappa shape index (κ2) is 4.71. The van der Waals surface area contributed by atoms with Crippen LogP contribution < -0.4 is 5.73 Å². The van der Waals surface area contributed by atoms with Gasteiger partial charge in [-0.1, -0.05) is 6.92 Å². The van der Waals surface area contributed by atoms with Crippen molar-refractivity contribution in [2.75, 3.05) is 7.11 Å². The second-order valence-electron chi connectivity index (χ2n) is 2.62. The van der Waals surface area contributed by atoms with Gasteiger partial charge in [0.2, 0.25) is 0 Å². The molecule has 12 heavy (non-hydrogen) atoms. The van der Waals surface area contributed by atoms with Gasteiger partial charge in [0.15, 0.2) is 0 Å². The van der Waals surface area contributed by atoms with Gasteiger partial charge in [-0.05, 0) is 5.92 Å². The number of rotatable bonds is 4. The number of carboxylic acids is 1. The van der Waals surface area contributed by atoms with E-state index in [1.807, 2.05) is 0 Å². The average molecular weight is 175 g/mol. The van der Waals surface area contributed by atoms with Crippen LogP contribution in [0.25, 0.3) is 0 Å². The van der Waals surface area contributed by atoms with Crippen molar-refractivity contribution >= 4 is 11.9 Å². The number of hydrogen-bond acceptors (Lipinski definition) is 4. The Labute approximate surface area is 70.5 Å². The van der Waals surface area contributed by atoms with Gasteiger partial charge in [0.05, 0.1) is 13.5 Å². The molecule has 0 fully saturated rings. The Balaban J connectivity index is 3.94. The summed E-state index contributed by atoms with van der Waals surface area (Å²) in [5.74, 6) is -1.96. The fourth-order valence-corrected chi connectivity index (χ4v) is 0.717. The maximum atomic E-state index is 10.7. The average Bonchev–Trinajstić information content (AvgIpc) is 2.02. The third-order valence-corrected chi connectivity index (χ3v) is 1.61. The van der Waals surface area contributed by atoms with Crippen molar-refractivity contribution in [3.8, 4) is 0 Å². The van der Waals surface area contributed by atoms with Crippen LogP contribution in [0, 0.1) is 5.92 Å². The summed E-state index contributed by atoms with van der Waals surface area (Å²) in [5, 5.41) is 8.46. The van der Waals surface area contributed by atoms with Crippen molar-refractivity contribution in [3.05, 3.63) is 0 Å². The monoisotopic (exact) mass is 175 g/mol. The Bertz CT molecular complexity index is 180. The summed E-state index contributed by atoms with van der Waals surface area (Å²) < 4.78 is 4.36. The van der Waals surface area contributed by atoms with Gasteiger partial charge in [0.25, 0.3) is 0 Å². The first-order chi connectivity index (χ1) is 5.49. The minimum Gasteiger partial charge on any atom is -0.480 e. The highest BCUT2D eigenvalue weighted by Gasteiger charge is 2.22. The van der Waals surface area contributed by atoms with E-state index in [0.29, 0.717) is 0 Å². The number of carbonyl (C=O) groups is 2. The summed E-state index contributed by atoms with van der Waals surface area (Å²) in [4.78, 5) is 21.0. The summed E-state index contributed by atoms with van der Waals surface area (Å²) in [6.45, 7) is 1.59. The highest BCUT2D eigenvalue weighted by molar-refractivity contribution is 5.75. The SMILES string of the molecule is COC(=O)CC(C)[C@@H](N)C(=O)O. The zero-order valence-electron chi connectivity index (χ0n) is 7.11. The molecule has 0 aromatic carbocycles. The second-order valence-corrected chi connectivity index (χ2v) is 2.62. The van der Waals surface area contributed by atoms with Crippen LogP contribution in [0.5, 0.6) is 0 Å². The lowest BCUT2D eigenvalue weighted by Gasteiger charge is -2.13. The van der Waals surface area contributed by atoms with Crippen LogP contribution in [0.4, 0.5) is 0 Å². The van der Waals surface area contributed by atoms with E-state index in [1.54, 1.807) is 6.92 Å². The molecule has 0 aliphatic carbocycles. The summed E-state index contributed by atoms with van der Waals surface area (Å²) in [6.07, 6.45) is 0.0317. The first kappa shape index (κ1) is 10.9. The van der Waals surface area contributed by atoms with Crippen LogP contribution in [-0.2, 0) is 14.3 Å². The van der Waals surface area contributed by atoms with Gasteiger partial charge >= 0.3 is 11.9 Å². The van der Waals surface area contributed by atoms with Crippen LogP contribution in [0.15, 0.2) is 0 Å². The van der Waals surface area contributed by atoms with Crippen molar-refractivity contribution in [1.29, 1.82) is 0 Å². The van der Waals surface area contributed by atoms with E-state index < -0.39 is 23.9 Å². The summed E-state index contributed by atoms with van der Waals surface area (Å²) in [6, 6.07) is -1.01. The fraction of sp³-hybridized carbons (Fsp3) is 0.714. The molecule has 0 spiro atoms. The Hall–Kier alpha value is -1.10. The predicted molar refractivity (Wildman–Crippen MR) is 41.4 cm³/mol. The Kier molecular flexibility index (Phi) is 4.28. The normalized spacial score (nSPS) is 14.9. The van der Waals surface area contributed by atoms with Crippen molar-refractivity contribution in [2.45, 2.75) is 19.4 Å². The van der Waals surface area contributed by atoms with Crippen LogP contribution in [0.3, 0.4) is 0 Å². The zero-order chi connectivity index (χ0) is 9.72. The van der Waals surface area contributed by atoms with Crippen molar-refractivity contribution in [3.63, 3.8) is 0 Å². The van der Waals surface area contributed by atoms with E-state index in [2.05, 4.69) is 4.74 Å². The Morgan fingerprint density at radius 2 is 2.08 bits per heavy atom. The number of carboxylic acid groups (broad SMARTS) is 1. The molecule has 3 N–H and O–H groups in total. The van der Waals surface area contributed by atoms with Gasteiger partial charge in [-0.3, -0.25) is 9.59 Å². The van der Waals surface area contributed by atoms with Gasteiger partial charge in [0, 0.05) is 0 Å². The van der Waals surface area contributed by atoms with E-state index in [9.17, 15) is 9.59 Å². The van der Waals surface area contributed by atoms with E-state index in [1.165, 1.54) is 7.11 Å². The molecule has 1 unspecified atom stereocenters. The summed E-state index contributed by atoms with van der Waals surface area (Å²) in [7, 11) is 1.25. The number of ether oxygens (including phenoxy) is 1. The predicted octanol–water partition coefficient (Wildman–Crippen LogP) is -0.402. The fourth-order valence-electron chi connectivity index (χ4n) is 0.717. The highest BCUT2D eigenvalue weighted by Crippen LogP contribution is 2.07. The van der Waals surface area contributed by atoms with Gasteiger partial charge in [-0.2, -0.15) is 0 Å². The molecule has 0 saturated heterocycles. The van der Waals surface area contributed by atoms with E-state index in [4.69, 9.17) is 10.8 Å². The number of esters is 1. The molecule has 5 nitrogen and oxygen atoms in total.